The fourth-order valence-electron chi connectivity index (χ4n) is 3.53. The van der Waals surface area contributed by atoms with E-state index in [0.717, 1.165) is 11.1 Å². The Labute approximate surface area is 199 Å². The Bertz CT molecular complexity index is 976. The minimum Gasteiger partial charge on any atom is -0.455 e. The van der Waals surface area contributed by atoms with Gasteiger partial charge < -0.3 is 15.4 Å². The number of halogens is 1. The van der Waals surface area contributed by atoms with Crippen molar-refractivity contribution in [3.63, 3.8) is 0 Å². The monoisotopic (exact) mass is 468 g/mol. The summed E-state index contributed by atoms with van der Waals surface area (Å²) in [5, 5.41) is 6.37. The second-order valence-electron chi connectivity index (χ2n) is 8.23. The molecule has 0 fully saturated rings. The van der Waals surface area contributed by atoms with E-state index in [1.807, 2.05) is 61.5 Å². The average molecular weight is 469 g/mol. The van der Waals surface area contributed by atoms with E-state index in [9.17, 15) is 14.4 Å². The second kappa shape index (κ2) is 12.2. The lowest BCUT2D eigenvalue weighted by Crippen LogP contribution is -2.38. The van der Waals surface area contributed by atoms with Crippen LogP contribution in [0.15, 0.2) is 66.7 Å². The number of amides is 2. The summed E-state index contributed by atoms with van der Waals surface area (Å²) in [5.74, 6) is -1.57. The van der Waals surface area contributed by atoms with E-state index in [1.165, 1.54) is 0 Å². The summed E-state index contributed by atoms with van der Waals surface area (Å²) >= 11 is 5.90. The first-order valence-corrected chi connectivity index (χ1v) is 11.5. The van der Waals surface area contributed by atoms with E-state index in [2.05, 4.69) is 10.6 Å². The molecule has 0 aromatic heterocycles. The number of carbonyl (C=O) groups is 3. The van der Waals surface area contributed by atoms with Crippen LogP contribution < -0.4 is 10.6 Å². The van der Waals surface area contributed by atoms with Gasteiger partial charge in [-0.05, 0) is 36.1 Å². The lowest BCUT2D eigenvalue weighted by atomic mass is 9.97. The molecule has 174 valence electrons. The highest BCUT2D eigenvalue weighted by Gasteiger charge is 2.25. The minimum atomic E-state index is -0.590. The van der Waals surface area contributed by atoms with E-state index in [0.29, 0.717) is 24.4 Å². The van der Waals surface area contributed by atoms with E-state index in [4.69, 9.17) is 16.3 Å². The van der Waals surface area contributed by atoms with Crippen LogP contribution >= 0.6 is 11.6 Å². The average Bonchev–Trinajstić information content (AvgIpc) is 2.82. The molecule has 0 bridgehead atoms. The number of allylic oxidation sites excluding steroid dienone is 2. The van der Waals surface area contributed by atoms with Gasteiger partial charge in [0, 0.05) is 18.0 Å². The van der Waals surface area contributed by atoms with Crippen molar-refractivity contribution in [2.75, 3.05) is 6.54 Å². The number of ether oxygens (including phenoxy) is 1. The summed E-state index contributed by atoms with van der Waals surface area (Å²) < 4.78 is 5.71. The fourth-order valence-corrected chi connectivity index (χ4v) is 3.65. The van der Waals surface area contributed by atoms with Crippen molar-refractivity contribution < 1.29 is 19.1 Å². The van der Waals surface area contributed by atoms with Crippen LogP contribution in [-0.4, -0.2) is 24.3 Å². The Kier molecular flexibility index (Phi) is 9.07. The highest BCUT2D eigenvalue weighted by Crippen LogP contribution is 2.21. The van der Waals surface area contributed by atoms with Gasteiger partial charge in [-0.15, -0.1) is 0 Å². The van der Waals surface area contributed by atoms with Gasteiger partial charge in [-0.25, -0.2) is 0 Å². The van der Waals surface area contributed by atoms with Crippen LogP contribution in [0.2, 0.25) is 5.02 Å². The first-order valence-electron chi connectivity index (χ1n) is 11.1. The molecule has 0 saturated heterocycles. The Morgan fingerprint density at radius 3 is 2.48 bits per heavy atom. The molecule has 2 aromatic rings. The van der Waals surface area contributed by atoms with Crippen LogP contribution in [0.25, 0.3) is 0 Å². The first kappa shape index (κ1) is 24.5. The van der Waals surface area contributed by atoms with Crippen LogP contribution in [0.5, 0.6) is 0 Å². The van der Waals surface area contributed by atoms with Crippen molar-refractivity contribution in [1.82, 2.24) is 10.6 Å². The third-order valence-electron chi connectivity index (χ3n) is 5.58. The molecule has 2 amide bonds. The zero-order valence-corrected chi connectivity index (χ0v) is 19.4. The summed E-state index contributed by atoms with van der Waals surface area (Å²) in [6, 6.07) is 16.6. The Hall–Kier alpha value is -3.12. The fraction of sp³-hybridized carbons (Fsp3) is 0.346. The molecule has 2 aromatic carbocycles. The quantitative estimate of drug-likeness (QED) is 0.504. The number of benzene rings is 2. The van der Waals surface area contributed by atoms with Gasteiger partial charge in [-0.3, -0.25) is 14.4 Å². The zero-order valence-electron chi connectivity index (χ0n) is 18.6. The van der Waals surface area contributed by atoms with Gasteiger partial charge in [0.1, 0.15) is 6.10 Å². The van der Waals surface area contributed by atoms with Crippen LogP contribution in [0, 0.1) is 11.8 Å². The molecular formula is C26H29ClN2O4. The Morgan fingerprint density at radius 2 is 1.76 bits per heavy atom. The largest absolute Gasteiger partial charge is 0.455 e. The van der Waals surface area contributed by atoms with Crippen molar-refractivity contribution in [1.29, 1.82) is 0 Å². The number of hydrogen-bond acceptors (Lipinski definition) is 4. The SMILES string of the molecule is C[C@H]1C/C=C/C[C@@H](CC(=O)NCc2ccc(Cl)cc2)C(=O)NC[C@@H](c2ccccc2)OC1=O. The molecule has 3 rings (SSSR count). The van der Waals surface area contributed by atoms with Gasteiger partial charge in [0.15, 0.2) is 0 Å². The van der Waals surface area contributed by atoms with Crippen molar-refractivity contribution in [3.8, 4) is 0 Å². The van der Waals surface area contributed by atoms with Crippen molar-refractivity contribution in [2.24, 2.45) is 11.8 Å². The number of esters is 1. The molecular weight excluding hydrogens is 440 g/mol. The highest BCUT2D eigenvalue weighted by molar-refractivity contribution is 6.30. The number of rotatable bonds is 5. The van der Waals surface area contributed by atoms with Crippen LogP contribution in [0.3, 0.4) is 0 Å². The third kappa shape index (κ3) is 7.75. The van der Waals surface area contributed by atoms with Gasteiger partial charge in [0.05, 0.1) is 18.4 Å². The minimum absolute atomic E-state index is 0.0646. The molecule has 1 aliphatic heterocycles. The number of cyclic esters (lactones) is 1. The van der Waals surface area contributed by atoms with Crippen molar-refractivity contribution >= 4 is 29.4 Å². The first-order chi connectivity index (χ1) is 15.9. The topological polar surface area (TPSA) is 84.5 Å². The molecule has 2 N–H and O–H groups in total. The standard InChI is InChI=1S/C26H29ClN2O4/c1-18-7-5-6-10-21(15-24(30)28-16-19-11-13-22(27)14-12-19)25(31)29-17-23(33-26(18)32)20-8-3-2-4-9-20/h2-6,8-9,11-14,18,21,23H,7,10,15-17H2,1H3,(H,28,30)(H,29,31)/b6-5+/t18-,21-,23-/m0/s1. The molecule has 6 nitrogen and oxygen atoms in total. The van der Waals surface area contributed by atoms with Gasteiger partial charge >= 0.3 is 5.97 Å². The molecule has 0 aliphatic carbocycles. The maximum atomic E-state index is 12.9. The van der Waals surface area contributed by atoms with Gasteiger partial charge in [0.2, 0.25) is 11.8 Å². The second-order valence-corrected chi connectivity index (χ2v) is 8.67. The normalized spacial score (nSPS) is 22.8. The molecule has 1 aliphatic rings. The van der Waals surface area contributed by atoms with E-state index >= 15 is 0 Å². The maximum absolute atomic E-state index is 12.9. The number of nitrogens with one attached hydrogen (secondary N) is 2. The lowest BCUT2D eigenvalue weighted by molar-refractivity contribution is -0.154. The van der Waals surface area contributed by atoms with E-state index in [1.54, 1.807) is 12.1 Å². The van der Waals surface area contributed by atoms with Crippen LogP contribution in [0.1, 0.15) is 43.4 Å². The lowest BCUT2D eigenvalue weighted by Gasteiger charge is -2.23. The zero-order chi connectivity index (χ0) is 23.6. The highest BCUT2D eigenvalue weighted by atomic mass is 35.5. The van der Waals surface area contributed by atoms with E-state index in [-0.39, 0.29) is 36.7 Å². The Balaban J connectivity index is 1.66. The predicted octanol–water partition coefficient (Wildman–Crippen LogP) is 4.35. The van der Waals surface area contributed by atoms with E-state index < -0.39 is 12.0 Å². The summed E-state index contributed by atoms with van der Waals surface area (Å²) in [6.45, 7) is 2.33. The van der Waals surface area contributed by atoms with Crippen LogP contribution in [-0.2, 0) is 25.7 Å². The van der Waals surface area contributed by atoms with Crippen LogP contribution in [0.4, 0.5) is 0 Å². The molecule has 7 heteroatoms. The number of hydrogen-bond donors (Lipinski definition) is 2. The summed E-state index contributed by atoms with van der Waals surface area (Å²) in [5.41, 5.74) is 1.74. The molecule has 33 heavy (non-hydrogen) atoms. The Morgan fingerprint density at radius 1 is 1.06 bits per heavy atom. The molecule has 0 radical (unpaired) electrons. The predicted molar refractivity (Wildman–Crippen MR) is 127 cm³/mol. The molecule has 0 spiro atoms. The third-order valence-corrected chi connectivity index (χ3v) is 5.83. The molecule has 0 unspecified atom stereocenters. The van der Waals surface area contributed by atoms with Crippen molar-refractivity contribution in [3.05, 3.63) is 82.9 Å². The number of carbonyl (C=O) groups excluding carboxylic acids is 3. The smallest absolute Gasteiger partial charge is 0.309 e. The molecule has 3 atom stereocenters. The molecule has 0 saturated carbocycles. The molecule has 1 heterocycles. The van der Waals surface area contributed by atoms with Gasteiger partial charge in [0.25, 0.3) is 0 Å². The summed E-state index contributed by atoms with van der Waals surface area (Å²) in [6.07, 6.45) is 4.13. The van der Waals surface area contributed by atoms with Gasteiger partial charge in [-0.1, -0.05) is 73.1 Å². The van der Waals surface area contributed by atoms with Crippen molar-refractivity contribution in [2.45, 2.75) is 38.8 Å². The summed E-state index contributed by atoms with van der Waals surface area (Å²) in [4.78, 5) is 37.9. The summed E-state index contributed by atoms with van der Waals surface area (Å²) in [7, 11) is 0. The van der Waals surface area contributed by atoms with Gasteiger partial charge in [-0.2, -0.15) is 0 Å². The maximum Gasteiger partial charge on any atom is 0.309 e.